The summed E-state index contributed by atoms with van der Waals surface area (Å²) in [5.41, 5.74) is 2.08. The van der Waals surface area contributed by atoms with Crippen LogP contribution >= 0.6 is 11.6 Å². The maximum Gasteiger partial charge on any atom is 0.119 e. The highest BCUT2D eigenvalue weighted by Gasteiger charge is 2.02. The molecule has 0 bridgehead atoms. The third-order valence-corrected chi connectivity index (χ3v) is 3.50. The molecule has 0 radical (unpaired) electrons. The van der Waals surface area contributed by atoms with Crippen LogP contribution in [0.5, 0.6) is 5.75 Å². The molecular weight excluding hydrogens is 286 g/mol. The Kier molecular flexibility index (Phi) is 6.08. The zero-order valence-corrected chi connectivity index (χ0v) is 13.4. The van der Waals surface area contributed by atoms with Crippen molar-refractivity contribution in [3.05, 3.63) is 46.7 Å². The number of halogens is 1. The first-order chi connectivity index (χ1) is 10.2. The molecule has 0 fully saturated rings. The Hall–Kier alpha value is -1.52. The van der Waals surface area contributed by atoms with E-state index in [9.17, 15) is 0 Å². The number of rotatable bonds is 8. The van der Waals surface area contributed by atoms with E-state index in [0.29, 0.717) is 18.2 Å². The van der Waals surface area contributed by atoms with Gasteiger partial charge in [0.2, 0.25) is 0 Å². The highest BCUT2D eigenvalue weighted by Crippen LogP contribution is 2.14. The summed E-state index contributed by atoms with van der Waals surface area (Å²) in [5.74, 6) is 0.890. The van der Waals surface area contributed by atoms with Crippen molar-refractivity contribution in [1.82, 2.24) is 15.1 Å². The van der Waals surface area contributed by atoms with Crippen LogP contribution in [0.4, 0.5) is 0 Å². The Labute approximate surface area is 131 Å². The zero-order chi connectivity index (χ0) is 15.1. The largest absolute Gasteiger partial charge is 0.492 e. The lowest BCUT2D eigenvalue weighted by Gasteiger charge is -2.09. The molecule has 0 spiro atoms. The molecule has 0 aliphatic carbocycles. The van der Waals surface area contributed by atoms with Gasteiger partial charge in [0.15, 0.2) is 0 Å². The molecule has 0 saturated heterocycles. The summed E-state index contributed by atoms with van der Waals surface area (Å²) in [5, 5.41) is 8.38. The van der Waals surface area contributed by atoms with Crippen LogP contribution in [0.2, 0.25) is 5.02 Å². The molecule has 21 heavy (non-hydrogen) atoms. The minimum atomic E-state index is 0.573. The van der Waals surface area contributed by atoms with Gasteiger partial charge in [-0.15, -0.1) is 0 Å². The summed E-state index contributed by atoms with van der Waals surface area (Å²) < 4.78 is 7.58. The summed E-state index contributed by atoms with van der Waals surface area (Å²) >= 11 is 5.98. The number of hydrogen-bond donors (Lipinski definition) is 1. The summed E-state index contributed by atoms with van der Waals surface area (Å²) in [6.07, 6.45) is 2.97. The van der Waals surface area contributed by atoms with E-state index in [1.165, 1.54) is 5.56 Å². The van der Waals surface area contributed by atoms with Gasteiger partial charge in [-0.2, -0.15) is 5.10 Å². The van der Waals surface area contributed by atoms with Crippen LogP contribution in [-0.4, -0.2) is 22.9 Å². The van der Waals surface area contributed by atoms with Gasteiger partial charge in [0.05, 0.1) is 17.3 Å². The molecule has 5 heteroatoms. The van der Waals surface area contributed by atoms with Gasteiger partial charge in [-0.05, 0) is 37.6 Å². The van der Waals surface area contributed by atoms with Crippen LogP contribution in [0.3, 0.4) is 0 Å². The third-order valence-electron chi connectivity index (χ3n) is 3.13. The first kappa shape index (κ1) is 15.9. The molecule has 2 aromatic rings. The second-order valence-electron chi connectivity index (χ2n) is 5.00. The summed E-state index contributed by atoms with van der Waals surface area (Å²) in [6.45, 7) is 7.22. The van der Waals surface area contributed by atoms with E-state index in [-0.39, 0.29) is 0 Å². The van der Waals surface area contributed by atoms with Crippen LogP contribution in [0.25, 0.3) is 0 Å². The number of aromatic nitrogens is 2. The SMILES string of the molecule is CCCNCc1cccc(OCCn2cc(Cl)c(C)n2)c1. The number of hydrogen-bond acceptors (Lipinski definition) is 3. The fraction of sp³-hybridized carbons (Fsp3) is 0.438. The fourth-order valence-corrected chi connectivity index (χ4v) is 2.17. The lowest BCUT2D eigenvalue weighted by Crippen LogP contribution is -2.14. The monoisotopic (exact) mass is 307 g/mol. The Bertz CT molecular complexity index is 549. The Morgan fingerprint density at radius 1 is 1.38 bits per heavy atom. The van der Waals surface area contributed by atoms with E-state index in [1.54, 1.807) is 0 Å². The molecule has 0 aliphatic rings. The van der Waals surface area contributed by atoms with Crippen LogP contribution < -0.4 is 10.1 Å². The average molecular weight is 308 g/mol. The van der Waals surface area contributed by atoms with Crippen molar-refractivity contribution in [2.24, 2.45) is 0 Å². The summed E-state index contributed by atoms with van der Waals surface area (Å²) in [7, 11) is 0. The van der Waals surface area contributed by atoms with Crippen LogP contribution in [-0.2, 0) is 13.1 Å². The maximum atomic E-state index is 5.98. The Morgan fingerprint density at radius 2 is 2.24 bits per heavy atom. The van der Waals surface area contributed by atoms with Gasteiger partial charge >= 0.3 is 0 Å². The Morgan fingerprint density at radius 3 is 2.95 bits per heavy atom. The first-order valence-corrected chi connectivity index (χ1v) is 7.69. The first-order valence-electron chi connectivity index (χ1n) is 7.31. The predicted octanol–water partition coefficient (Wildman–Crippen LogP) is 3.42. The topological polar surface area (TPSA) is 39.1 Å². The quantitative estimate of drug-likeness (QED) is 0.760. The van der Waals surface area contributed by atoms with Crippen LogP contribution in [0, 0.1) is 6.92 Å². The van der Waals surface area contributed by atoms with Gasteiger partial charge in [0.25, 0.3) is 0 Å². The molecule has 1 N–H and O–H groups in total. The Balaban J connectivity index is 1.81. The number of aryl methyl sites for hydroxylation is 1. The summed E-state index contributed by atoms with van der Waals surface area (Å²) in [4.78, 5) is 0. The highest BCUT2D eigenvalue weighted by molar-refractivity contribution is 6.31. The lowest BCUT2D eigenvalue weighted by atomic mass is 10.2. The van der Waals surface area contributed by atoms with E-state index >= 15 is 0 Å². The minimum Gasteiger partial charge on any atom is -0.492 e. The van der Waals surface area contributed by atoms with Crippen molar-refractivity contribution in [2.45, 2.75) is 33.4 Å². The van der Waals surface area contributed by atoms with Crippen molar-refractivity contribution < 1.29 is 4.74 Å². The maximum absolute atomic E-state index is 5.98. The number of ether oxygens (including phenoxy) is 1. The zero-order valence-electron chi connectivity index (χ0n) is 12.6. The van der Waals surface area contributed by atoms with Gasteiger partial charge < -0.3 is 10.1 Å². The van der Waals surface area contributed by atoms with Crippen molar-refractivity contribution in [2.75, 3.05) is 13.2 Å². The van der Waals surface area contributed by atoms with Crippen molar-refractivity contribution in [3.63, 3.8) is 0 Å². The number of benzene rings is 1. The standard InChI is InChI=1S/C16H22ClN3O/c1-3-7-18-11-14-5-4-6-15(10-14)21-9-8-20-12-16(17)13(2)19-20/h4-6,10,12,18H,3,7-9,11H2,1-2H3. The van der Waals surface area contributed by atoms with Gasteiger partial charge in [0, 0.05) is 12.7 Å². The fourth-order valence-electron chi connectivity index (χ4n) is 2.02. The van der Waals surface area contributed by atoms with E-state index < -0.39 is 0 Å². The average Bonchev–Trinajstić information content (AvgIpc) is 2.78. The van der Waals surface area contributed by atoms with Gasteiger partial charge in [0.1, 0.15) is 12.4 Å². The molecule has 4 nitrogen and oxygen atoms in total. The predicted molar refractivity (Wildman–Crippen MR) is 85.9 cm³/mol. The van der Waals surface area contributed by atoms with Crippen molar-refractivity contribution in [3.8, 4) is 5.75 Å². The molecule has 114 valence electrons. The third kappa shape index (κ3) is 5.06. The molecule has 0 amide bonds. The van der Waals surface area contributed by atoms with Gasteiger partial charge in [-0.3, -0.25) is 4.68 Å². The highest BCUT2D eigenvalue weighted by atomic mass is 35.5. The second kappa shape index (κ2) is 8.05. The molecule has 0 unspecified atom stereocenters. The molecule has 0 saturated carbocycles. The smallest absolute Gasteiger partial charge is 0.119 e. The number of nitrogens with one attached hydrogen (secondary N) is 1. The molecule has 2 rings (SSSR count). The molecule has 1 heterocycles. The van der Waals surface area contributed by atoms with E-state index in [4.69, 9.17) is 16.3 Å². The van der Waals surface area contributed by atoms with E-state index in [0.717, 1.165) is 31.0 Å². The second-order valence-corrected chi connectivity index (χ2v) is 5.41. The van der Waals surface area contributed by atoms with Gasteiger partial charge in [-0.25, -0.2) is 0 Å². The van der Waals surface area contributed by atoms with Crippen molar-refractivity contribution in [1.29, 1.82) is 0 Å². The molecule has 1 aromatic carbocycles. The summed E-state index contributed by atoms with van der Waals surface area (Å²) in [6, 6.07) is 8.17. The van der Waals surface area contributed by atoms with Crippen LogP contribution in [0.15, 0.2) is 30.5 Å². The van der Waals surface area contributed by atoms with Crippen LogP contribution in [0.1, 0.15) is 24.6 Å². The molecular formula is C16H22ClN3O. The molecule has 1 aromatic heterocycles. The molecule has 0 atom stereocenters. The minimum absolute atomic E-state index is 0.573. The normalized spacial score (nSPS) is 10.8. The van der Waals surface area contributed by atoms with Crippen molar-refractivity contribution >= 4 is 11.6 Å². The molecule has 0 aliphatic heterocycles. The number of nitrogens with zero attached hydrogens (tertiary/aromatic N) is 2. The lowest BCUT2D eigenvalue weighted by molar-refractivity contribution is 0.291. The van der Waals surface area contributed by atoms with E-state index in [1.807, 2.05) is 29.9 Å². The van der Waals surface area contributed by atoms with E-state index in [2.05, 4.69) is 29.5 Å². The van der Waals surface area contributed by atoms with Gasteiger partial charge in [-0.1, -0.05) is 30.7 Å².